The molecule has 2 aliphatic carbocycles. The second-order valence-corrected chi connectivity index (χ2v) is 10.9. The number of aromatic amines is 2. The van der Waals surface area contributed by atoms with Crippen LogP contribution in [0.2, 0.25) is 0 Å². The lowest BCUT2D eigenvalue weighted by Crippen LogP contribution is -2.47. The molecule has 0 bridgehead atoms. The average molecular weight is 525 g/mol. The number of hydrogen-bond donors (Lipinski definition) is 4. The first-order chi connectivity index (χ1) is 18.9. The SMILES string of the molecule is CC1(N(C=O)c2ccc3c(C(=O)NC4CC4)c(NC(=O)c4ccc(-c5cn[nH]c5)cc4)[nH]c3c2)CCCCC1. The standard InChI is InChI=1S/C30H32N6O3/c1-30(13-3-2-4-14-30)36(18-37)23-11-12-24-25(15-23)34-27(26(24)29(39)33-22-9-10-22)35-28(38)20-7-5-19(6-8-20)21-16-31-32-17-21/h5-8,11-12,15-18,22,34H,2-4,9-10,13-14H2,1H3,(H,31,32)(H,33,39)(H,35,38). The number of H-pyrrole nitrogens is 2. The molecule has 4 N–H and O–H groups in total. The fraction of sp³-hybridized carbons (Fsp3) is 0.333. The highest BCUT2D eigenvalue weighted by Crippen LogP contribution is 2.38. The third kappa shape index (κ3) is 4.92. The first-order valence-corrected chi connectivity index (χ1v) is 13.6. The summed E-state index contributed by atoms with van der Waals surface area (Å²) in [5.41, 5.74) is 3.94. The number of fused-ring (bicyclic) bond motifs is 1. The number of benzene rings is 2. The Hall–Kier alpha value is -4.40. The molecule has 2 fully saturated rings. The quantitative estimate of drug-likeness (QED) is 0.231. The van der Waals surface area contributed by atoms with Gasteiger partial charge in [0.25, 0.3) is 11.8 Å². The van der Waals surface area contributed by atoms with Gasteiger partial charge in [-0.15, -0.1) is 0 Å². The van der Waals surface area contributed by atoms with Crippen LogP contribution < -0.4 is 15.5 Å². The summed E-state index contributed by atoms with van der Waals surface area (Å²) >= 11 is 0. The largest absolute Gasteiger partial charge is 0.349 e. The molecule has 2 aromatic heterocycles. The van der Waals surface area contributed by atoms with E-state index in [4.69, 9.17) is 0 Å². The summed E-state index contributed by atoms with van der Waals surface area (Å²) in [5.74, 6) is -0.218. The second-order valence-electron chi connectivity index (χ2n) is 10.9. The van der Waals surface area contributed by atoms with Crippen LogP contribution >= 0.6 is 0 Å². The Morgan fingerprint density at radius 2 is 1.79 bits per heavy atom. The van der Waals surface area contributed by atoms with Crippen molar-refractivity contribution in [1.82, 2.24) is 20.5 Å². The van der Waals surface area contributed by atoms with E-state index in [0.717, 1.165) is 61.7 Å². The second kappa shape index (κ2) is 10.1. The van der Waals surface area contributed by atoms with Gasteiger partial charge in [-0.05, 0) is 68.5 Å². The molecule has 2 aromatic carbocycles. The van der Waals surface area contributed by atoms with Crippen LogP contribution in [-0.2, 0) is 4.79 Å². The van der Waals surface area contributed by atoms with Gasteiger partial charge in [0, 0.05) is 45.5 Å². The first-order valence-electron chi connectivity index (χ1n) is 13.6. The van der Waals surface area contributed by atoms with Gasteiger partial charge in [0.15, 0.2) is 0 Å². The van der Waals surface area contributed by atoms with E-state index in [1.165, 1.54) is 6.42 Å². The van der Waals surface area contributed by atoms with E-state index >= 15 is 0 Å². The zero-order valence-corrected chi connectivity index (χ0v) is 21.9. The fourth-order valence-electron chi connectivity index (χ4n) is 5.61. The fourth-order valence-corrected chi connectivity index (χ4v) is 5.61. The van der Waals surface area contributed by atoms with E-state index in [1.54, 1.807) is 24.5 Å². The number of nitrogens with one attached hydrogen (secondary N) is 4. The van der Waals surface area contributed by atoms with Crippen molar-refractivity contribution in [2.75, 3.05) is 10.2 Å². The van der Waals surface area contributed by atoms with Crippen LogP contribution in [0.5, 0.6) is 0 Å². The molecule has 9 heteroatoms. The molecule has 2 saturated carbocycles. The predicted octanol–water partition coefficient (Wildman–Crippen LogP) is 5.39. The molecule has 9 nitrogen and oxygen atoms in total. The van der Waals surface area contributed by atoms with Crippen LogP contribution in [0.3, 0.4) is 0 Å². The van der Waals surface area contributed by atoms with Crippen LogP contribution in [0, 0.1) is 0 Å². The van der Waals surface area contributed by atoms with Gasteiger partial charge in [-0.1, -0.05) is 31.4 Å². The van der Waals surface area contributed by atoms with Crippen molar-refractivity contribution in [3.05, 3.63) is 66.0 Å². The van der Waals surface area contributed by atoms with Gasteiger partial charge in [0.2, 0.25) is 6.41 Å². The lowest BCUT2D eigenvalue weighted by atomic mass is 9.82. The smallest absolute Gasteiger partial charge is 0.256 e. The van der Waals surface area contributed by atoms with Crippen molar-refractivity contribution in [1.29, 1.82) is 0 Å². The highest BCUT2D eigenvalue weighted by Gasteiger charge is 2.34. The molecule has 0 spiro atoms. The Bertz CT molecular complexity index is 1510. The number of carbonyl (C=O) groups is 3. The maximum Gasteiger partial charge on any atom is 0.256 e. The van der Waals surface area contributed by atoms with Crippen molar-refractivity contribution in [3.63, 3.8) is 0 Å². The molecule has 0 atom stereocenters. The predicted molar refractivity (Wildman–Crippen MR) is 151 cm³/mol. The van der Waals surface area contributed by atoms with Gasteiger partial charge >= 0.3 is 0 Å². The van der Waals surface area contributed by atoms with Gasteiger partial charge < -0.3 is 20.5 Å². The van der Waals surface area contributed by atoms with Crippen LogP contribution in [-0.4, -0.2) is 45.0 Å². The average Bonchev–Trinajstić information content (AvgIpc) is 3.43. The molecule has 0 radical (unpaired) electrons. The van der Waals surface area contributed by atoms with Crippen LogP contribution in [0.4, 0.5) is 11.5 Å². The molecular weight excluding hydrogens is 492 g/mol. The minimum atomic E-state index is -0.328. The van der Waals surface area contributed by atoms with Gasteiger partial charge in [-0.2, -0.15) is 5.10 Å². The summed E-state index contributed by atoms with van der Waals surface area (Å²) in [7, 11) is 0. The van der Waals surface area contributed by atoms with E-state index in [2.05, 4.69) is 32.7 Å². The number of aromatic nitrogens is 3. The molecular formula is C30H32N6O3. The van der Waals surface area contributed by atoms with E-state index in [1.807, 2.05) is 35.2 Å². The molecule has 2 aliphatic rings. The highest BCUT2D eigenvalue weighted by molar-refractivity contribution is 6.16. The molecule has 3 amide bonds. The number of hydrogen-bond acceptors (Lipinski definition) is 4. The van der Waals surface area contributed by atoms with E-state index in [0.29, 0.717) is 27.8 Å². The van der Waals surface area contributed by atoms with Crippen LogP contribution in [0.15, 0.2) is 54.9 Å². The van der Waals surface area contributed by atoms with Crippen molar-refractivity contribution in [2.24, 2.45) is 0 Å². The summed E-state index contributed by atoms with van der Waals surface area (Å²) in [5, 5.41) is 13.4. The lowest BCUT2D eigenvalue weighted by Gasteiger charge is -2.42. The summed E-state index contributed by atoms with van der Waals surface area (Å²) in [6.07, 6.45) is 11.6. The molecule has 0 saturated heterocycles. The monoisotopic (exact) mass is 524 g/mol. The Balaban J connectivity index is 1.32. The normalized spacial score (nSPS) is 16.5. The van der Waals surface area contributed by atoms with Crippen molar-refractivity contribution >= 4 is 40.6 Å². The zero-order chi connectivity index (χ0) is 27.0. The minimum Gasteiger partial charge on any atom is -0.349 e. The summed E-state index contributed by atoms with van der Waals surface area (Å²) in [6.45, 7) is 2.14. The number of amides is 3. The maximum atomic E-state index is 13.3. The maximum absolute atomic E-state index is 13.3. The molecule has 200 valence electrons. The molecule has 6 rings (SSSR count). The summed E-state index contributed by atoms with van der Waals surface area (Å²) in [6, 6.07) is 13.0. The van der Waals surface area contributed by atoms with Gasteiger partial charge in [0.1, 0.15) is 5.82 Å². The topological polar surface area (TPSA) is 123 Å². The number of anilines is 2. The van der Waals surface area contributed by atoms with E-state index in [9.17, 15) is 14.4 Å². The van der Waals surface area contributed by atoms with Gasteiger partial charge in [0.05, 0.1) is 11.8 Å². The van der Waals surface area contributed by atoms with Crippen LogP contribution in [0.1, 0.15) is 72.6 Å². The Labute approximate surface area is 226 Å². The van der Waals surface area contributed by atoms with Crippen LogP contribution in [0.25, 0.3) is 22.0 Å². The molecule has 39 heavy (non-hydrogen) atoms. The molecule has 2 heterocycles. The number of carbonyl (C=O) groups excluding carboxylic acids is 3. The van der Waals surface area contributed by atoms with Gasteiger partial charge in [-0.25, -0.2) is 0 Å². The molecule has 0 aliphatic heterocycles. The third-order valence-electron chi connectivity index (χ3n) is 8.03. The van der Waals surface area contributed by atoms with Crippen molar-refractivity contribution in [3.8, 4) is 11.1 Å². The van der Waals surface area contributed by atoms with Crippen molar-refractivity contribution < 1.29 is 14.4 Å². The Morgan fingerprint density at radius 1 is 1.03 bits per heavy atom. The molecule has 4 aromatic rings. The van der Waals surface area contributed by atoms with Crippen molar-refractivity contribution in [2.45, 2.75) is 63.5 Å². The van der Waals surface area contributed by atoms with E-state index < -0.39 is 0 Å². The minimum absolute atomic E-state index is 0.164. The number of nitrogens with zero attached hydrogens (tertiary/aromatic N) is 2. The van der Waals surface area contributed by atoms with Gasteiger partial charge in [-0.3, -0.25) is 19.5 Å². The number of rotatable bonds is 8. The summed E-state index contributed by atoms with van der Waals surface area (Å²) in [4.78, 5) is 43.9. The zero-order valence-electron chi connectivity index (χ0n) is 21.9. The lowest BCUT2D eigenvalue weighted by molar-refractivity contribution is -0.108. The summed E-state index contributed by atoms with van der Waals surface area (Å²) < 4.78 is 0. The Morgan fingerprint density at radius 3 is 2.46 bits per heavy atom. The third-order valence-corrected chi connectivity index (χ3v) is 8.03. The Kier molecular flexibility index (Phi) is 6.42. The molecule has 0 unspecified atom stereocenters. The highest BCUT2D eigenvalue weighted by atomic mass is 16.2. The first kappa shape index (κ1) is 24.9. The van der Waals surface area contributed by atoms with E-state index in [-0.39, 0.29) is 23.4 Å².